The maximum Gasteiger partial charge on any atom is 0.280 e. The van der Waals surface area contributed by atoms with Gasteiger partial charge in [-0.2, -0.15) is 0 Å². The molecule has 0 aliphatic rings. The van der Waals surface area contributed by atoms with Gasteiger partial charge in [-0.25, -0.2) is 14.6 Å². The molecule has 150 valence electrons. The molecule has 0 fully saturated rings. The number of nitrogens with one attached hydrogen (secondary N) is 1. The first kappa shape index (κ1) is 19.0. The molecule has 0 unspecified atom stereocenters. The fourth-order valence-electron chi connectivity index (χ4n) is 3.45. The summed E-state index contributed by atoms with van der Waals surface area (Å²) in [6, 6.07) is 23.3. The van der Waals surface area contributed by atoms with Gasteiger partial charge in [0, 0.05) is 16.0 Å². The lowest BCUT2D eigenvalue weighted by Crippen LogP contribution is -2.33. The number of hydrogen-bond donors (Lipinski definition) is 1. The quantitative estimate of drug-likeness (QED) is 0.455. The number of amides is 1. The van der Waals surface area contributed by atoms with Crippen molar-refractivity contribution < 1.29 is 4.79 Å². The second-order valence-corrected chi connectivity index (χ2v) is 7.39. The molecule has 0 radical (unpaired) electrons. The van der Waals surface area contributed by atoms with Crippen LogP contribution in [0.3, 0.4) is 0 Å². The Bertz CT molecular complexity index is 1510. The van der Waals surface area contributed by atoms with Gasteiger partial charge >= 0.3 is 0 Å². The lowest BCUT2D eigenvalue weighted by atomic mass is 10.0. The number of fused-ring (bicyclic) bond motifs is 2. The minimum atomic E-state index is -0.437. The summed E-state index contributed by atoms with van der Waals surface area (Å²) in [7, 11) is 0. The van der Waals surface area contributed by atoms with E-state index in [1.807, 2.05) is 36.4 Å². The SMILES string of the molecule is O=C(Nn1cnc2ccccc2c1=O)c1cc(-c2ccc(Cl)cc2)nc2ccccc12. The number of rotatable bonds is 3. The van der Waals surface area contributed by atoms with Crippen LogP contribution in [0.2, 0.25) is 5.02 Å². The van der Waals surface area contributed by atoms with Crippen molar-refractivity contribution >= 4 is 39.3 Å². The molecule has 2 heterocycles. The fraction of sp³-hybridized carbons (Fsp3) is 0. The average molecular weight is 427 g/mol. The van der Waals surface area contributed by atoms with E-state index in [0.29, 0.717) is 38.1 Å². The van der Waals surface area contributed by atoms with Crippen LogP contribution in [0.4, 0.5) is 0 Å². The molecule has 0 aliphatic heterocycles. The van der Waals surface area contributed by atoms with E-state index in [-0.39, 0.29) is 5.56 Å². The van der Waals surface area contributed by atoms with Crippen LogP contribution in [0, 0.1) is 0 Å². The van der Waals surface area contributed by atoms with Crippen LogP contribution in [-0.4, -0.2) is 20.6 Å². The number of carbonyl (C=O) groups excluding carboxylic acids is 1. The molecule has 1 amide bonds. The summed E-state index contributed by atoms with van der Waals surface area (Å²) in [5.41, 5.74) is 5.39. The third-order valence-electron chi connectivity index (χ3n) is 4.99. The number of benzene rings is 3. The molecule has 0 aliphatic carbocycles. The Kier molecular flexibility index (Phi) is 4.69. The van der Waals surface area contributed by atoms with Crippen molar-refractivity contribution in [1.82, 2.24) is 14.6 Å². The van der Waals surface area contributed by atoms with E-state index in [1.54, 1.807) is 42.5 Å². The molecule has 7 heteroatoms. The van der Waals surface area contributed by atoms with Gasteiger partial charge in [0.2, 0.25) is 0 Å². The van der Waals surface area contributed by atoms with Crippen LogP contribution in [-0.2, 0) is 0 Å². The average Bonchev–Trinajstić information content (AvgIpc) is 2.81. The van der Waals surface area contributed by atoms with Crippen LogP contribution in [0.5, 0.6) is 0 Å². The molecule has 0 atom stereocenters. The zero-order valence-corrected chi connectivity index (χ0v) is 16.9. The zero-order valence-electron chi connectivity index (χ0n) is 16.1. The number of nitrogens with zero attached hydrogens (tertiary/aromatic N) is 3. The predicted molar refractivity (Wildman–Crippen MR) is 122 cm³/mol. The minimum Gasteiger partial charge on any atom is -0.267 e. The lowest BCUT2D eigenvalue weighted by Gasteiger charge is -2.12. The standard InChI is InChI=1S/C24H15ClN4O2/c25-16-11-9-15(10-12-16)22-13-19(17-5-1-4-8-21(17)27-22)23(30)28-29-14-26-20-7-3-2-6-18(20)24(29)31/h1-14H,(H,28,30). The molecule has 5 rings (SSSR count). The van der Waals surface area contributed by atoms with Gasteiger partial charge in [0.15, 0.2) is 0 Å². The third kappa shape index (κ3) is 3.53. The molecule has 0 spiro atoms. The van der Waals surface area contributed by atoms with E-state index in [0.717, 1.165) is 10.2 Å². The fourth-order valence-corrected chi connectivity index (χ4v) is 3.58. The summed E-state index contributed by atoms with van der Waals surface area (Å²) in [5.74, 6) is -0.437. The van der Waals surface area contributed by atoms with Gasteiger partial charge in [0.1, 0.15) is 6.33 Å². The molecular formula is C24H15ClN4O2. The highest BCUT2D eigenvalue weighted by Crippen LogP contribution is 2.26. The van der Waals surface area contributed by atoms with Crippen LogP contribution < -0.4 is 11.0 Å². The van der Waals surface area contributed by atoms with Crippen molar-refractivity contribution in [2.45, 2.75) is 0 Å². The number of hydrogen-bond acceptors (Lipinski definition) is 4. The van der Waals surface area contributed by atoms with Crippen molar-refractivity contribution in [2.24, 2.45) is 0 Å². The third-order valence-corrected chi connectivity index (χ3v) is 5.24. The van der Waals surface area contributed by atoms with Gasteiger partial charge in [0.05, 0.1) is 27.7 Å². The maximum atomic E-state index is 13.2. The Balaban J connectivity index is 1.60. The van der Waals surface area contributed by atoms with Gasteiger partial charge in [0.25, 0.3) is 11.5 Å². The van der Waals surface area contributed by atoms with Gasteiger partial charge in [-0.15, -0.1) is 0 Å². The number of halogens is 1. The first-order valence-electron chi connectivity index (χ1n) is 9.54. The summed E-state index contributed by atoms with van der Waals surface area (Å²) in [5, 5.41) is 1.72. The Hall–Kier alpha value is -4.03. The monoisotopic (exact) mass is 426 g/mol. The van der Waals surface area contributed by atoms with E-state index in [4.69, 9.17) is 11.6 Å². The van der Waals surface area contributed by atoms with E-state index < -0.39 is 5.91 Å². The Morgan fingerprint density at radius 3 is 2.32 bits per heavy atom. The predicted octanol–water partition coefficient (Wildman–Crippen LogP) is 4.65. The molecule has 0 bridgehead atoms. The summed E-state index contributed by atoms with van der Waals surface area (Å²) in [6.07, 6.45) is 1.31. The highest BCUT2D eigenvalue weighted by atomic mass is 35.5. The van der Waals surface area contributed by atoms with Gasteiger partial charge in [-0.3, -0.25) is 15.0 Å². The normalized spacial score (nSPS) is 11.0. The first-order valence-corrected chi connectivity index (χ1v) is 9.91. The zero-order chi connectivity index (χ0) is 21.4. The highest BCUT2D eigenvalue weighted by Gasteiger charge is 2.15. The molecular weight excluding hydrogens is 412 g/mol. The molecule has 31 heavy (non-hydrogen) atoms. The van der Waals surface area contributed by atoms with E-state index >= 15 is 0 Å². The van der Waals surface area contributed by atoms with Crippen LogP contribution >= 0.6 is 11.6 Å². The smallest absolute Gasteiger partial charge is 0.267 e. The van der Waals surface area contributed by atoms with Gasteiger partial charge in [-0.1, -0.05) is 54.1 Å². The van der Waals surface area contributed by atoms with Crippen LogP contribution in [0.15, 0.2) is 90.0 Å². The van der Waals surface area contributed by atoms with E-state index in [2.05, 4.69) is 15.4 Å². The Morgan fingerprint density at radius 1 is 0.871 bits per heavy atom. The second kappa shape index (κ2) is 7.66. The molecule has 0 saturated carbocycles. The maximum absolute atomic E-state index is 13.2. The summed E-state index contributed by atoms with van der Waals surface area (Å²) in [6.45, 7) is 0. The Morgan fingerprint density at radius 2 is 1.55 bits per heavy atom. The first-order chi connectivity index (χ1) is 15.1. The summed E-state index contributed by atoms with van der Waals surface area (Å²) >= 11 is 6.00. The molecule has 2 aromatic heterocycles. The molecule has 3 aromatic carbocycles. The van der Waals surface area contributed by atoms with E-state index in [9.17, 15) is 9.59 Å². The van der Waals surface area contributed by atoms with Gasteiger partial charge < -0.3 is 0 Å². The van der Waals surface area contributed by atoms with Crippen molar-refractivity contribution in [3.8, 4) is 11.3 Å². The molecule has 5 aromatic rings. The second-order valence-electron chi connectivity index (χ2n) is 6.96. The molecule has 6 nitrogen and oxygen atoms in total. The van der Waals surface area contributed by atoms with Crippen molar-refractivity contribution in [3.63, 3.8) is 0 Å². The minimum absolute atomic E-state index is 0.352. The van der Waals surface area contributed by atoms with Crippen molar-refractivity contribution in [2.75, 3.05) is 5.43 Å². The summed E-state index contributed by atoms with van der Waals surface area (Å²) < 4.78 is 1.10. The molecule has 0 saturated heterocycles. The largest absolute Gasteiger partial charge is 0.280 e. The summed E-state index contributed by atoms with van der Waals surface area (Å²) in [4.78, 5) is 34.9. The number of aromatic nitrogens is 3. The number of para-hydroxylation sites is 2. The number of carbonyl (C=O) groups is 1. The topological polar surface area (TPSA) is 76.9 Å². The van der Waals surface area contributed by atoms with Gasteiger partial charge in [-0.05, 0) is 36.4 Å². The lowest BCUT2D eigenvalue weighted by molar-refractivity contribution is 0.101. The highest BCUT2D eigenvalue weighted by molar-refractivity contribution is 6.30. The van der Waals surface area contributed by atoms with Crippen molar-refractivity contribution in [3.05, 3.63) is 106 Å². The molecule has 1 N–H and O–H groups in total. The number of pyridine rings is 1. The van der Waals surface area contributed by atoms with Crippen molar-refractivity contribution in [1.29, 1.82) is 0 Å². The van der Waals surface area contributed by atoms with Crippen LogP contribution in [0.1, 0.15) is 10.4 Å². The van der Waals surface area contributed by atoms with Crippen LogP contribution in [0.25, 0.3) is 33.1 Å². The Labute approximate surface area is 181 Å². The van der Waals surface area contributed by atoms with E-state index in [1.165, 1.54) is 6.33 Å².